The molecule has 4 aromatic rings. The lowest BCUT2D eigenvalue weighted by atomic mass is 10.00. The van der Waals surface area contributed by atoms with E-state index in [-0.39, 0.29) is 0 Å². The van der Waals surface area contributed by atoms with Crippen LogP contribution in [0.15, 0.2) is 52.9 Å². The SMILES string of the molecule is Cc1ccc2oc3ccc4c(C)cccc4c3c2c1. The van der Waals surface area contributed by atoms with Crippen molar-refractivity contribution in [2.45, 2.75) is 13.8 Å². The van der Waals surface area contributed by atoms with E-state index in [4.69, 9.17) is 4.42 Å². The first kappa shape index (κ1) is 10.6. The molecule has 0 fully saturated rings. The van der Waals surface area contributed by atoms with Crippen molar-refractivity contribution in [2.75, 3.05) is 0 Å². The number of furan rings is 1. The van der Waals surface area contributed by atoms with Gasteiger partial charge in [-0.15, -0.1) is 0 Å². The summed E-state index contributed by atoms with van der Waals surface area (Å²) in [5.41, 5.74) is 4.51. The molecule has 1 heteroatoms. The monoisotopic (exact) mass is 246 g/mol. The second kappa shape index (κ2) is 3.61. The molecule has 0 bridgehead atoms. The largest absolute Gasteiger partial charge is 0.456 e. The molecule has 0 unspecified atom stereocenters. The second-order valence-electron chi connectivity index (χ2n) is 5.21. The Labute approximate surface area is 111 Å². The zero-order valence-electron chi connectivity index (χ0n) is 11.0. The number of hydrogen-bond donors (Lipinski definition) is 0. The first-order valence-corrected chi connectivity index (χ1v) is 6.55. The van der Waals surface area contributed by atoms with E-state index in [1.165, 1.54) is 32.7 Å². The summed E-state index contributed by atoms with van der Waals surface area (Å²) in [6.45, 7) is 4.27. The summed E-state index contributed by atoms with van der Waals surface area (Å²) in [5, 5.41) is 5.03. The van der Waals surface area contributed by atoms with Crippen LogP contribution in [0, 0.1) is 13.8 Å². The van der Waals surface area contributed by atoms with Crippen molar-refractivity contribution < 1.29 is 4.42 Å². The highest BCUT2D eigenvalue weighted by atomic mass is 16.3. The molecular formula is C18H14O. The summed E-state index contributed by atoms with van der Waals surface area (Å²) in [5.74, 6) is 0. The van der Waals surface area contributed by atoms with Crippen molar-refractivity contribution in [1.82, 2.24) is 0 Å². The average molecular weight is 246 g/mol. The highest BCUT2D eigenvalue weighted by Gasteiger charge is 2.10. The molecule has 1 nitrogen and oxygen atoms in total. The van der Waals surface area contributed by atoms with Gasteiger partial charge in [-0.2, -0.15) is 0 Å². The Kier molecular flexibility index (Phi) is 2.02. The molecule has 0 N–H and O–H groups in total. The van der Waals surface area contributed by atoms with Crippen LogP contribution in [0.4, 0.5) is 0 Å². The molecule has 92 valence electrons. The standard InChI is InChI=1S/C18H14O/c1-11-6-8-16-15(10-11)18-14-5-3-4-12(2)13(14)7-9-17(18)19-16/h3-10H,1-2H3. The number of aryl methyl sites for hydroxylation is 2. The highest BCUT2D eigenvalue weighted by Crippen LogP contribution is 2.35. The average Bonchev–Trinajstić information content (AvgIpc) is 2.77. The molecule has 0 spiro atoms. The van der Waals surface area contributed by atoms with Gasteiger partial charge in [0, 0.05) is 10.8 Å². The van der Waals surface area contributed by atoms with Crippen molar-refractivity contribution in [1.29, 1.82) is 0 Å². The third kappa shape index (κ3) is 1.42. The van der Waals surface area contributed by atoms with Crippen LogP contribution in [0.1, 0.15) is 11.1 Å². The molecule has 3 aromatic carbocycles. The van der Waals surface area contributed by atoms with E-state index >= 15 is 0 Å². The van der Waals surface area contributed by atoms with Crippen molar-refractivity contribution >= 4 is 32.7 Å². The Hall–Kier alpha value is -2.28. The van der Waals surface area contributed by atoms with E-state index in [0.717, 1.165) is 11.2 Å². The Morgan fingerprint density at radius 1 is 0.737 bits per heavy atom. The molecule has 0 saturated heterocycles. The normalized spacial score (nSPS) is 11.7. The Bertz CT molecular complexity index is 929. The van der Waals surface area contributed by atoms with Gasteiger partial charge in [-0.1, -0.05) is 35.9 Å². The van der Waals surface area contributed by atoms with Gasteiger partial charge < -0.3 is 4.42 Å². The van der Waals surface area contributed by atoms with Crippen molar-refractivity contribution in [2.24, 2.45) is 0 Å². The van der Waals surface area contributed by atoms with Crippen LogP contribution in [0.3, 0.4) is 0 Å². The molecule has 0 aliphatic rings. The topological polar surface area (TPSA) is 13.1 Å². The maximum absolute atomic E-state index is 5.96. The van der Waals surface area contributed by atoms with E-state index < -0.39 is 0 Å². The Balaban J connectivity index is 2.34. The zero-order valence-corrected chi connectivity index (χ0v) is 11.0. The smallest absolute Gasteiger partial charge is 0.136 e. The summed E-state index contributed by atoms with van der Waals surface area (Å²) in [7, 11) is 0. The van der Waals surface area contributed by atoms with Crippen molar-refractivity contribution in [3.63, 3.8) is 0 Å². The van der Waals surface area contributed by atoms with E-state index in [1.54, 1.807) is 0 Å². The third-order valence-electron chi connectivity index (χ3n) is 3.87. The van der Waals surface area contributed by atoms with Gasteiger partial charge in [-0.25, -0.2) is 0 Å². The molecule has 4 rings (SSSR count). The minimum Gasteiger partial charge on any atom is -0.456 e. The first-order valence-electron chi connectivity index (χ1n) is 6.55. The lowest BCUT2D eigenvalue weighted by Crippen LogP contribution is -1.79. The number of fused-ring (bicyclic) bond motifs is 5. The first-order chi connectivity index (χ1) is 9.24. The molecule has 1 heterocycles. The van der Waals surface area contributed by atoms with Crippen LogP contribution < -0.4 is 0 Å². The van der Waals surface area contributed by atoms with Gasteiger partial charge in [0.15, 0.2) is 0 Å². The predicted octanol–water partition coefficient (Wildman–Crippen LogP) is 5.36. The maximum atomic E-state index is 5.96. The summed E-state index contributed by atoms with van der Waals surface area (Å²) in [6, 6.07) is 17.1. The molecule has 0 aliphatic heterocycles. The van der Waals surface area contributed by atoms with Crippen LogP contribution in [-0.4, -0.2) is 0 Å². The van der Waals surface area contributed by atoms with E-state index in [1.807, 2.05) is 0 Å². The predicted molar refractivity (Wildman–Crippen MR) is 80.7 cm³/mol. The summed E-state index contributed by atoms with van der Waals surface area (Å²) >= 11 is 0. The van der Waals surface area contributed by atoms with Crippen LogP contribution in [-0.2, 0) is 0 Å². The molecule has 19 heavy (non-hydrogen) atoms. The molecule has 0 amide bonds. The van der Waals surface area contributed by atoms with Crippen LogP contribution in [0.5, 0.6) is 0 Å². The van der Waals surface area contributed by atoms with Crippen LogP contribution in [0.2, 0.25) is 0 Å². The lowest BCUT2D eigenvalue weighted by Gasteiger charge is -2.02. The van der Waals surface area contributed by atoms with Gasteiger partial charge in [0.2, 0.25) is 0 Å². The third-order valence-corrected chi connectivity index (χ3v) is 3.87. The molecule has 1 aromatic heterocycles. The fourth-order valence-electron chi connectivity index (χ4n) is 2.90. The molecule has 0 aliphatic carbocycles. The van der Waals surface area contributed by atoms with Crippen molar-refractivity contribution in [3.05, 3.63) is 59.7 Å². The van der Waals surface area contributed by atoms with Crippen LogP contribution in [0.25, 0.3) is 32.7 Å². The van der Waals surface area contributed by atoms with E-state index in [2.05, 4.69) is 62.4 Å². The number of benzene rings is 3. The zero-order chi connectivity index (χ0) is 13.0. The number of hydrogen-bond acceptors (Lipinski definition) is 1. The van der Waals surface area contributed by atoms with Gasteiger partial charge in [-0.3, -0.25) is 0 Å². The number of rotatable bonds is 0. The van der Waals surface area contributed by atoms with Gasteiger partial charge in [-0.05, 0) is 48.4 Å². The quantitative estimate of drug-likeness (QED) is 0.407. The summed E-state index contributed by atoms with van der Waals surface area (Å²) < 4.78 is 5.96. The van der Waals surface area contributed by atoms with E-state index in [9.17, 15) is 0 Å². The molecular weight excluding hydrogens is 232 g/mol. The second-order valence-corrected chi connectivity index (χ2v) is 5.21. The van der Waals surface area contributed by atoms with Gasteiger partial charge >= 0.3 is 0 Å². The van der Waals surface area contributed by atoms with E-state index in [0.29, 0.717) is 0 Å². The summed E-state index contributed by atoms with van der Waals surface area (Å²) in [4.78, 5) is 0. The van der Waals surface area contributed by atoms with Gasteiger partial charge in [0.25, 0.3) is 0 Å². The fraction of sp³-hybridized carbons (Fsp3) is 0.111. The Morgan fingerprint density at radius 2 is 1.58 bits per heavy atom. The maximum Gasteiger partial charge on any atom is 0.136 e. The fourth-order valence-corrected chi connectivity index (χ4v) is 2.90. The minimum absolute atomic E-state index is 0.967. The highest BCUT2D eigenvalue weighted by molar-refractivity contribution is 6.19. The van der Waals surface area contributed by atoms with Gasteiger partial charge in [0.05, 0.1) is 0 Å². The molecule has 0 atom stereocenters. The van der Waals surface area contributed by atoms with Crippen LogP contribution >= 0.6 is 0 Å². The molecule has 0 saturated carbocycles. The minimum atomic E-state index is 0.967. The Morgan fingerprint density at radius 3 is 2.47 bits per heavy atom. The summed E-state index contributed by atoms with van der Waals surface area (Å²) in [6.07, 6.45) is 0. The lowest BCUT2D eigenvalue weighted by molar-refractivity contribution is 0.669. The van der Waals surface area contributed by atoms with Gasteiger partial charge in [0.1, 0.15) is 11.2 Å². The molecule has 0 radical (unpaired) electrons. The van der Waals surface area contributed by atoms with Crippen molar-refractivity contribution in [3.8, 4) is 0 Å².